The van der Waals surface area contributed by atoms with Gasteiger partial charge in [-0.25, -0.2) is 0 Å². The van der Waals surface area contributed by atoms with Gasteiger partial charge in [0.05, 0.1) is 12.4 Å². The van der Waals surface area contributed by atoms with Crippen molar-refractivity contribution >= 4 is 5.57 Å². The first-order valence-corrected chi connectivity index (χ1v) is 6.29. The van der Waals surface area contributed by atoms with Crippen LogP contribution in [-0.4, -0.2) is 11.7 Å². The second kappa shape index (κ2) is 6.10. The summed E-state index contributed by atoms with van der Waals surface area (Å²) in [6.07, 6.45) is 10.1. The summed E-state index contributed by atoms with van der Waals surface area (Å²) in [5, 5.41) is 9.28. The lowest BCUT2D eigenvalue weighted by Crippen LogP contribution is -1.91. The number of benzene rings is 1. The molecule has 0 atom stereocenters. The standard InChI is InChI=1S/C16H18O2/c1-2-12-18-16-5-3-4-13(8-11-16)14-6-9-15(17)10-7-14/h3-4,6-11,17H,2,5,12H2,1H3. The number of phenols is 1. The molecule has 0 aromatic heterocycles. The Labute approximate surface area is 108 Å². The molecule has 1 aliphatic carbocycles. The quantitative estimate of drug-likeness (QED) is 0.863. The molecule has 2 heteroatoms. The highest BCUT2D eigenvalue weighted by molar-refractivity contribution is 5.76. The molecule has 94 valence electrons. The van der Waals surface area contributed by atoms with E-state index >= 15 is 0 Å². The van der Waals surface area contributed by atoms with Crippen LogP contribution in [0.5, 0.6) is 5.75 Å². The van der Waals surface area contributed by atoms with Crippen LogP contribution < -0.4 is 0 Å². The Balaban J connectivity index is 2.16. The number of allylic oxidation sites excluding steroid dienone is 5. The van der Waals surface area contributed by atoms with Crippen molar-refractivity contribution in [3.63, 3.8) is 0 Å². The zero-order valence-corrected chi connectivity index (χ0v) is 10.6. The van der Waals surface area contributed by atoms with Gasteiger partial charge in [0.15, 0.2) is 0 Å². The summed E-state index contributed by atoms with van der Waals surface area (Å²) < 4.78 is 5.64. The Morgan fingerprint density at radius 1 is 1.17 bits per heavy atom. The van der Waals surface area contributed by atoms with Gasteiger partial charge in [-0.3, -0.25) is 0 Å². The summed E-state index contributed by atoms with van der Waals surface area (Å²) in [7, 11) is 0. The van der Waals surface area contributed by atoms with Crippen molar-refractivity contribution in [2.24, 2.45) is 0 Å². The highest BCUT2D eigenvalue weighted by Crippen LogP contribution is 2.22. The summed E-state index contributed by atoms with van der Waals surface area (Å²) in [4.78, 5) is 0. The van der Waals surface area contributed by atoms with Crippen molar-refractivity contribution in [3.8, 4) is 5.75 Å². The molecule has 18 heavy (non-hydrogen) atoms. The molecular formula is C16H18O2. The smallest absolute Gasteiger partial charge is 0.115 e. The van der Waals surface area contributed by atoms with Crippen LogP contribution in [0.4, 0.5) is 0 Å². The van der Waals surface area contributed by atoms with Crippen LogP contribution in [-0.2, 0) is 4.74 Å². The average molecular weight is 242 g/mol. The summed E-state index contributed by atoms with van der Waals surface area (Å²) >= 11 is 0. The van der Waals surface area contributed by atoms with Gasteiger partial charge in [-0.2, -0.15) is 0 Å². The zero-order chi connectivity index (χ0) is 12.8. The van der Waals surface area contributed by atoms with E-state index in [1.807, 2.05) is 18.2 Å². The van der Waals surface area contributed by atoms with Gasteiger partial charge in [0.25, 0.3) is 0 Å². The van der Waals surface area contributed by atoms with Gasteiger partial charge in [0, 0.05) is 6.42 Å². The third-order valence-corrected chi connectivity index (χ3v) is 2.76. The third kappa shape index (κ3) is 3.27. The van der Waals surface area contributed by atoms with Crippen molar-refractivity contribution < 1.29 is 9.84 Å². The number of ether oxygens (including phenoxy) is 1. The van der Waals surface area contributed by atoms with E-state index in [4.69, 9.17) is 4.74 Å². The van der Waals surface area contributed by atoms with E-state index in [0.717, 1.165) is 36.3 Å². The fraction of sp³-hybridized carbons (Fsp3) is 0.250. The molecule has 2 rings (SSSR count). The lowest BCUT2D eigenvalue weighted by Gasteiger charge is -2.05. The molecule has 0 fully saturated rings. The number of phenolic OH excluding ortho intramolecular Hbond substituents is 1. The molecule has 1 aromatic carbocycles. The van der Waals surface area contributed by atoms with Crippen molar-refractivity contribution in [2.45, 2.75) is 19.8 Å². The largest absolute Gasteiger partial charge is 0.508 e. The predicted octanol–water partition coefficient (Wildman–Crippen LogP) is 4.05. The maximum absolute atomic E-state index is 9.28. The third-order valence-electron chi connectivity index (χ3n) is 2.76. The van der Waals surface area contributed by atoms with E-state index in [1.165, 1.54) is 0 Å². The van der Waals surface area contributed by atoms with Crippen LogP contribution in [0, 0.1) is 0 Å². The Morgan fingerprint density at radius 3 is 2.67 bits per heavy atom. The molecule has 1 aromatic rings. The van der Waals surface area contributed by atoms with Crippen molar-refractivity contribution in [1.82, 2.24) is 0 Å². The molecule has 0 unspecified atom stereocenters. The molecule has 0 radical (unpaired) electrons. The van der Waals surface area contributed by atoms with Gasteiger partial charge in [-0.05, 0) is 35.8 Å². The Morgan fingerprint density at radius 2 is 1.94 bits per heavy atom. The van der Waals surface area contributed by atoms with Gasteiger partial charge >= 0.3 is 0 Å². The van der Waals surface area contributed by atoms with E-state index in [1.54, 1.807) is 12.1 Å². The van der Waals surface area contributed by atoms with Crippen LogP contribution in [0.2, 0.25) is 0 Å². The molecule has 0 amide bonds. The molecule has 0 saturated heterocycles. The van der Waals surface area contributed by atoms with Gasteiger partial charge in [-0.1, -0.05) is 37.3 Å². The van der Waals surface area contributed by atoms with Crippen LogP contribution in [0.25, 0.3) is 5.57 Å². The highest BCUT2D eigenvalue weighted by atomic mass is 16.5. The first-order valence-electron chi connectivity index (χ1n) is 6.29. The number of aromatic hydroxyl groups is 1. The van der Waals surface area contributed by atoms with Gasteiger partial charge in [-0.15, -0.1) is 0 Å². The molecule has 0 spiro atoms. The van der Waals surface area contributed by atoms with Crippen LogP contribution >= 0.6 is 0 Å². The van der Waals surface area contributed by atoms with Crippen LogP contribution in [0.3, 0.4) is 0 Å². The number of rotatable bonds is 4. The first-order chi connectivity index (χ1) is 8.79. The second-order valence-corrected chi connectivity index (χ2v) is 4.26. The van der Waals surface area contributed by atoms with Gasteiger partial charge in [0.1, 0.15) is 5.75 Å². The fourth-order valence-corrected chi connectivity index (χ4v) is 1.79. The summed E-state index contributed by atoms with van der Waals surface area (Å²) in [5.74, 6) is 1.29. The zero-order valence-electron chi connectivity index (χ0n) is 10.6. The second-order valence-electron chi connectivity index (χ2n) is 4.26. The van der Waals surface area contributed by atoms with E-state index in [2.05, 4.69) is 25.2 Å². The van der Waals surface area contributed by atoms with Crippen molar-refractivity contribution in [3.05, 3.63) is 59.9 Å². The molecule has 2 nitrogen and oxygen atoms in total. The monoisotopic (exact) mass is 242 g/mol. The summed E-state index contributed by atoms with van der Waals surface area (Å²) in [6, 6.07) is 7.23. The fourth-order valence-electron chi connectivity index (χ4n) is 1.79. The molecular weight excluding hydrogens is 224 g/mol. The van der Waals surface area contributed by atoms with E-state index in [9.17, 15) is 5.11 Å². The Hall–Kier alpha value is -1.96. The number of hydrogen-bond donors (Lipinski definition) is 1. The highest BCUT2D eigenvalue weighted by Gasteiger charge is 2.02. The van der Waals surface area contributed by atoms with Crippen molar-refractivity contribution in [2.75, 3.05) is 6.61 Å². The van der Waals surface area contributed by atoms with Crippen LogP contribution in [0.15, 0.2) is 54.3 Å². The van der Waals surface area contributed by atoms with Gasteiger partial charge in [0.2, 0.25) is 0 Å². The minimum absolute atomic E-state index is 0.291. The molecule has 1 aliphatic rings. The van der Waals surface area contributed by atoms with E-state index < -0.39 is 0 Å². The molecule has 1 N–H and O–H groups in total. The predicted molar refractivity (Wildman–Crippen MR) is 74.2 cm³/mol. The Bertz CT molecular complexity index is 478. The number of hydrogen-bond acceptors (Lipinski definition) is 2. The lowest BCUT2D eigenvalue weighted by molar-refractivity contribution is 0.208. The minimum Gasteiger partial charge on any atom is -0.508 e. The molecule has 0 saturated carbocycles. The minimum atomic E-state index is 0.291. The summed E-state index contributed by atoms with van der Waals surface area (Å²) in [6.45, 7) is 2.87. The average Bonchev–Trinajstić information content (AvgIpc) is 2.63. The van der Waals surface area contributed by atoms with Crippen LogP contribution in [0.1, 0.15) is 25.3 Å². The lowest BCUT2D eigenvalue weighted by atomic mass is 10.1. The topological polar surface area (TPSA) is 29.5 Å². The van der Waals surface area contributed by atoms with Crippen molar-refractivity contribution in [1.29, 1.82) is 0 Å². The first kappa shape index (κ1) is 12.5. The Kier molecular flexibility index (Phi) is 4.24. The summed E-state index contributed by atoms with van der Waals surface area (Å²) in [5.41, 5.74) is 2.22. The van der Waals surface area contributed by atoms with E-state index in [-0.39, 0.29) is 0 Å². The van der Waals surface area contributed by atoms with Gasteiger partial charge < -0.3 is 9.84 Å². The van der Waals surface area contributed by atoms with E-state index in [0.29, 0.717) is 5.75 Å². The normalized spacial score (nSPS) is 14.7. The SMILES string of the molecule is CCCOC1=CC=C(c2ccc(O)cc2)C=CC1. The molecule has 0 heterocycles. The molecule has 0 aliphatic heterocycles. The maximum Gasteiger partial charge on any atom is 0.115 e. The maximum atomic E-state index is 9.28. The molecule has 0 bridgehead atoms.